The number of hydrogen-bond acceptors (Lipinski definition) is 2. The fourth-order valence-corrected chi connectivity index (χ4v) is 2.34. The minimum absolute atomic E-state index is 0. The molecule has 0 saturated heterocycles. The number of rotatable bonds is 11. The molecule has 0 aliphatic carbocycles. The molecule has 0 saturated carbocycles. The van der Waals surface area contributed by atoms with Gasteiger partial charge in [-0.05, 0) is 6.42 Å². The Kier molecular flexibility index (Phi) is 24.8. The second-order valence-electron chi connectivity index (χ2n) is 4.47. The van der Waals surface area contributed by atoms with Gasteiger partial charge < -0.3 is 4.28 Å². The van der Waals surface area contributed by atoms with E-state index in [-0.39, 0.29) is 88.5 Å². The smallest absolute Gasteiger partial charge is 1.00 e. The Bertz CT molecular complexity index is 258. The van der Waals surface area contributed by atoms with E-state index in [1.165, 1.54) is 44.9 Å². The number of hydrogen-bond donors (Lipinski definition) is 1. The summed E-state index contributed by atoms with van der Waals surface area (Å²) >= 11 is 0. The minimum Gasteiger partial charge on any atom is -1.00 e. The van der Waals surface area contributed by atoms with Gasteiger partial charge >= 0.3 is 78.4 Å². The van der Waals surface area contributed by atoms with Gasteiger partial charge in [0, 0.05) is 0 Å². The van der Waals surface area contributed by atoms with E-state index in [0.717, 1.165) is 12.8 Å². The van der Waals surface area contributed by atoms with Crippen molar-refractivity contribution >= 4 is 59.0 Å². The molecule has 3 nitrogen and oxygen atoms in total. The zero-order valence-corrected chi connectivity index (χ0v) is 19.4. The first-order valence-electron chi connectivity index (χ1n) is 6.51. The number of unbranched alkanes of at least 4 members (excludes halogenated alkanes) is 9. The first kappa shape index (κ1) is 25.4. The average molecular weight is 414 g/mol. The standard InChI is InChI=1S/C12H26O3S.Ba.Na.3H/c1-2-3-4-5-6-7-8-9-10-11-12-16(13,14)15;;;;;/h2-12H2,1H3,(H,13,14,15);;;;;/q;+2;+1;3*-1. The summed E-state index contributed by atoms with van der Waals surface area (Å²) in [6.07, 6.45) is 11.7. The second kappa shape index (κ2) is 17.5. The van der Waals surface area contributed by atoms with Crippen molar-refractivity contribution in [3.8, 4) is 0 Å². The van der Waals surface area contributed by atoms with Crippen molar-refractivity contribution in [2.45, 2.75) is 71.1 Å². The summed E-state index contributed by atoms with van der Waals surface area (Å²) < 4.78 is 29.4. The van der Waals surface area contributed by atoms with E-state index < -0.39 is 10.1 Å². The van der Waals surface area contributed by atoms with Gasteiger partial charge in [0.2, 0.25) is 0 Å². The van der Waals surface area contributed by atoms with Gasteiger partial charge in [-0.1, -0.05) is 64.7 Å². The summed E-state index contributed by atoms with van der Waals surface area (Å²) in [4.78, 5) is 0. The van der Waals surface area contributed by atoms with Gasteiger partial charge in [-0.25, -0.2) is 0 Å². The minimum atomic E-state index is -3.73. The van der Waals surface area contributed by atoms with Crippen LogP contribution in [0.25, 0.3) is 0 Å². The molecule has 0 aliphatic heterocycles. The summed E-state index contributed by atoms with van der Waals surface area (Å²) in [5, 5.41) is 0. The van der Waals surface area contributed by atoms with E-state index in [1.54, 1.807) is 0 Å². The summed E-state index contributed by atoms with van der Waals surface area (Å²) in [7, 11) is -3.73. The van der Waals surface area contributed by atoms with Crippen LogP contribution in [0.3, 0.4) is 0 Å². The van der Waals surface area contributed by atoms with E-state index in [9.17, 15) is 8.42 Å². The molecule has 0 radical (unpaired) electrons. The van der Waals surface area contributed by atoms with Gasteiger partial charge in [-0.2, -0.15) is 8.42 Å². The molecule has 0 unspecified atom stereocenters. The second-order valence-corrected chi connectivity index (χ2v) is 6.04. The Balaban J connectivity index is -0.000000112. The molecule has 0 amide bonds. The average Bonchev–Trinajstić information content (AvgIpc) is 2.19. The van der Waals surface area contributed by atoms with Crippen LogP contribution in [0.4, 0.5) is 0 Å². The maximum atomic E-state index is 10.4. The van der Waals surface area contributed by atoms with Gasteiger partial charge in [-0.3, -0.25) is 4.55 Å². The predicted molar refractivity (Wildman–Crippen MR) is 77.3 cm³/mol. The van der Waals surface area contributed by atoms with Crippen LogP contribution in [0.2, 0.25) is 0 Å². The fourth-order valence-electron chi connectivity index (χ4n) is 1.77. The molecule has 1 N–H and O–H groups in total. The van der Waals surface area contributed by atoms with Gasteiger partial charge in [0.05, 0.1) is 5.75 Å². The van der Waals surface area contributed by atoms with Gasteiger partial charge in [-0.15, -0.1) is 0 Å². The van der Waals surface area contributed by atoms with E-state index in [1.807, 2.05) is 0 Å². The molecule has 0 aliphatic rings. The Hall–Kier alpha value is 2.48. The Morgan fingerprint density at radius 3 is 1.50 bits per heavy atom. The summed E-state index contributed by atoms with van der Waals surface area (Å²) in [5.41, 5.74) is 0. The van der Waals surface area contributed by atoms with E-state index in [4.69, 9.17) is 4.55 Å². The molecular weight excluding hydrogens is 385 g/mol. The van der Waals surface area contributed by atoms with E-state index in [0.29, 0.717) is 6.42 Å². The molecular formula is C12H29BaNaO3S. The molecule has 0 aromatic rings. The molecule has 6 heteroatoms. The van der Waals surface area contributed by atoms with Crippen LogP contribution in [0.15, 0.2) is 0 Å². The molecule has 0 fully saturated rings. The first-order valence-corrected chi connectivity index (χ1v) is 8.12. The topological polar surface area (TPSA) is 54.4 Å². The Morgan fingerprint density at radius 2 is 1.17 bits per heavy atom. The third-order valence-electron chi connectivity index (χ3n) is 2.76. The zero-order valence-electron chi connectivity index (χ0n) is 15.2. The van der Waals surface area contributed by atoms with Crippen molar-refractivity contribution in [3.63, 3.8) is 0 Å². The monoisotopic (exact) mass is 414 g/mol. The van der Waals surface area contributed by atoms with Crippen LogP contribution >= 0.6 is 0 Å². The molecule has 0 aromatic carbocycles. The maximum absolute atomic E-state index is 10.4. The van der Waals surface area contributed by atoms with Crippen molar-refractivity contribution in [1.82, 2.24) is 0 Å². The van der Waals surface area contributed by atoms with Crippen LogP contribution in [-0.2, 0) is 10.1 Å². The molecule has 0 spiro atoms. The molecule has 0 atom stereocenters. The SMILES string of the molecule is CCCCCCCCCCCCS(=O)(=O)O.[Ba+2].[H-].[H-].[H-].[Na+]. The van der Waals surface area contributed by atoms with Crippen LogP contribution in [-0.4, -0.2) is 67.6 Å². The molecule has 0 heterocycles. The van der Waals surface area contributed by atoms with Crippen LogP contribution in [0.5, 0.6) is 0 Å². The summed E-state index contributed by atoms with van der Waals surface area (Å²) in [5.74, 6) is -0.0799. The first-order chi connectivity index (χ1) is 7.56. The van der Waals surface area contributed by atoms with Gasteiger partial charge in [0.1, 0.15) is 0 Å². The normalized spacial score (nSPS) is 10.6. The largest absolute Gasteiger partial charge is 2.00 e. The summed E-state index contributed by atoms with van der Waals surface area (Å²) in [6, 6.07) is 0. The van der Waals surface area contributed by atoms with Crippen molar-refractivity contribution in [3.05, 3.63) is 0 Å². The fraction of sp³-hybridized carbons (Fsp3) is 1.00. The molecule has 0 aromatic heterocycles. The Labute approximate surface area is 180 Å². The molecule has 0 rings (SSSR count). The maximum Gasteiger partial charge on any atom is 2.00 e. The van der Waals surface area contributed by atoms with E-state index >= 15 is 0 Å². The third kappa shape index (κ3) is 23.6. The quantitative estimate of drug-likeness (QED) is 0.309. The van der Waals surface area contributed by atoms with Crippen molar-refractivity contribution in [1.29, 1.82) is 0 Å². The third-order valence-corrected chi connectivity index (χ3v) is 3.56. The van der Waals surface area contributed by atoms with Crippen molar-refractivity contribution in [2.75, 3.05) is 5.75 Å². The van der Waals surface area contributed by atoms with Crippen molar-refractivity contribution < 1.29 is 46.8 Å². The van der Waals surface area contributed by atoms with Crippen molar-refractivity contribution in [2.24, 2.45) is 0 Å². The molecule has 18 heavy (non-hydrogen) atoms. The predicted octanol–water partition coefficient (Wildman–Crippen LogP) is 0.756. The summed E-state index contributed by atoms with van der Waals surface area (Å²) in [6.45, 7) is 2.22. The van der Waals surface area contributed by atoms with Crippen LogP contribution < -0.4 is 29.6 Å². The molecule has 0 bridgehead atoms. The zero-order chi connectivity index (χ0) is 12.3. The van der Waals surface area contributed by atoms with E-state index in [2.05, 4.69) is 6.92 Å². The van der Waals surface area contributed by atoms with Gasteiger partial charge in [0.15, 0.2) is 0 Å². The van der Waals surface area contributed by atoms with Crippen LogP contribution in [0.1, 0.15) is 75.4 Å². The van der Waals surface area contributed by atoms with Crippen LogP contribution in [0, 0.1) is 0 Å². The van der Waals surface area contributed by atoms with Gasteiger partial charge in [0.25, 0.3) is 10.1 Å². The molecule has 104 valence electrons. The Morgan fingerprint density at radius 1 is 0.833 bits per heavy atom.